The molecule has 0 spiro atoms. The summed E-state index contributed by atoms with van der Waals surface area (Å²) in [5, 5.41) is 1.62. The van der Waals surface area contributed by atoms with Gasteiger partial charge in [-0.15, -0.1) is 0 Å². The normalized spacial score (nSPS) is 11.4. The molecule has 6 heteroatoms. The Morgan fingerprint density at radius 3 is 2.43 bits per heavy atom. The number of halogens is 2. The summed E-state index contributed by atoms with van der Waals surface area (Å²) in [5.41, 5.74) is 3.76. The van der Waals surface area contributed by atoms with Gasteiger partial charge >= 0.3 is 0 Å². The molecule has 0 atom stereocenters. The zero-order valence-corrected chi connectivity index (χ0v) is 18.5. The highest BCUT2D eigenvalue weighted by molar-refractivity contribution is 6.39. The summed E-state index contributed by atoms with van der Waals surface area (Å²) >= 11 is 12.7. The third-order valence-electron chi connectivity index (χ3n) is 5.21. The van der Waals surface area contributed by atoms with Gasteiger partial charge in [0.2, 0.25) is 0 Å². The second-order valence-corrected chi connectivity index (χ2v) is 8.47. The Morgan fingerprint density at radius 1 is 1.03 bits per heavy atom. The van der Waals surface area contributed by atoms with Gasteiger partial charge in [-0.1, -0.05) is 67.4 Å². The van der Waals surface area contributed by atoms with Crippen molar-refractivity contribution in [3.63, 3.8) is 0 Å². The van der Waals surface area contributed by atoms with Gasteiger partial charge in [0, 0.05) is 30.6 Å². The van der Waals surface area contributed by atoms with Crippen LogP contribution in [0, 0.1) is 0 Å². The van der Waals surface area contributed by atoms with Gasteiger partial charge in [0.05, 0.1) is 15.6 Å². The van der Waals surface area contributed by atoms with Gasteiger partial charge in [-0.2, -0.15) is 0 Å². The fourth-order valence-electron chi connectivity index (χ4n) is 3.55. The molecule has 0 aliphatic heterocycles. The molecule has 0 aliphatic rings. The van der Waals surface area contributed by atoms with Crippen LogP contribution in [0.3, 0.4) is 0 Å². The second-order valence-electron chi connectivity index (χ2n) is 7.66. The molecule has 2 aromatic carbocycles. The van der Waals surface area contributed by atoms with Gasteiger partial charge in [-0.25, -0.2) is 9.97 Å². The summed E-state index contributed by atoms with van der Waals surface area (Å²) in [4.78, 5) is 22.3. The molecular formula is C24H21Cl2N3O. The maximum Gasteiger partial charge on any atom is 0.259 e. The Morgan fingerprint density at radius 2 is 1.73 bits per heavy atom. The lowest BCUT2D eigenvalue weighted by Crippen LogP contribution is -2.20. The van der Waals surface area contributed by atoms with E-state index in [-0.39, 0.29) is 5.56 Å². The van der Waals surface area contributed by atoms with Crippen LogP contribution in [0.25, 0.3) is 22.2 Å². The Kier molecular flexibility index (Phi) is 5.63. The Balaban J connectivity index is 1.79. The summed E-state index contributed by atoms with van der Waals surface area (Å²) in [7, 11) is 1.70. The predicted octanol–water partition coefficient (Wildman–Crippen LogP) is 6.02. The van der Waals surface area contributed by atoms with E-state index in [9.17, 15) is 4.79 Å². The quantitative estimate of drug-likeness (QED) is 0.392. The fraction of sp³-hybridized carbons (Fsp3) is 0.208. The van der Waals surface area contributed by atoms with Gasteiger partial charge < -0.3 is 0 Å². The average Bonchev–Trinajstić information content (AvgIpc) is 2.72. The molecule has 30 heavy (non-hydrogen) atoms. The molecule has 2 aromatic heterocycles. The molecule has 0 saturated heterocycles. The lowest BCUT2D eigenvalue weighted by atomic mass is 9.99. The van der Waals surface area contributed by atoms with Crippen LogP contribution in [0.15, 0.2) is 59.5 Å². The lowest BCUT2D eigenvalue weighted by Gasteiger charge is -2.12. The minimum atomic E-state index is -0.205. The first-order valence-corrected chi connectivity index (χ1v) is 10.5. The van der Waals surface area contributed by atoms with E-state index in [0.717, 1.165) is 10.9 Å². The Labute approximate surface area is 185 Å². The average molecular weight is 438 g/mol. The molecule has 0 unspecified atom stereocenters. The van der Waals surface area contributed by atoms with Gasteiger partial charge in [0.1, 0.15) is 11.5 Å². The molecule has 2 heterocycles. The number of fused-ring (bicyclic) bond motifs is 1. The minimum Gasteiger partial charge on any atom is -0.295 e. The van der Waals surface area contributed by atoms with E-state index in [0.29, 0.717) is 45.0 Å². The summed E-state index contributed by atoms with van der Waals surface area (Å²) in [6, 6.07) is 15.4. The Bertz CT molecular complexity index is 1290. The van der Waals surface area contributed by atoms with Gasteiger partial charge in [-0.05, 0) is 35.2 Å². The van der Waals surface area contributed by atoms with Crippen molar-refractivity contribution in [1.29, 1.82) is 0 Å². The second kappa shape index (κ2) is 8.21. The first-order valence-electron chi connectivity index (χ1n) is 9.74. The van der Waals surface area contributed by atoms with Crippen molar-refractivity contribution in [2.24, 2.45) is 7.05 Å². The van der Waals surface area contributed by atoms with Gasteiger partial charge in [0.25, 0.3) is 5.56 Å². The van der Waals surface area contributed by atoms with Crippen molar-refractivity contribution in [2.75, 3.05) is 0 Å². The molecule has 0 amide bonds. The number of nitrogens with zero attached hydrogens (tertiary/aromatic N) is 3. The molecule has 0 radical (unpaired) electrons. The summed E-state index contributed by atoms with van der Waals surface area (Å²) in [5.74, 6) is 1.13. The molecule has 152 valence electrons. The monoisotopic (exact) mass is 437 g/mol. The summed E-state index contributed by atoms with van der Waals surface area (Å²) in [6.07, 6.45) is 2.35. The molecule has 0 saturated carbocycles. The summed E-state index contributed by atoms with van der Waals surface area (Å²) in [6.45, 7) is 4.34. The van der Waals surface area contributed by atoms with Crippen LogP contribution < -0.4 is 5.56 Å². The first kappa shape index (κ1) is 20.6. The molecule has 0 fully saturated rings. The molecule has 0 bridgehead atoms. The van der Waals surface area contributed by atoms with E-state index in [1.807, 2.05) is 0 Å². The summed E-state index contributed by atoms with van der Waals surface area (Å²) < 4.78 is 1.53. The van der Waals surface area contributed by atoms with Crippen molar-refractivity contribution < 1.29 is 0 Å². The molecule has 4 rings (SSSR count). The van der Waals surface area contributed by atoms with Crippen molar-refractivity contribution in [3.05, 3.63) is 92.1 Å². The SMILES string of the molecule is CC(C)c1cccc(Cc2ncc3cc(-c4c(Cl)cccc4Cl)c(=O)n(C)c3n2)c1. The van der Waals surface area contributed by atoms with Crippen LogP contribution in [0.4, 0.5) is 0 Å². The molecule has 0 N–H and O–H groups in total. The van der Waals surface area contributed by atoms with Crippen LogP contribution in [-0.2, 0) is 13.5 Å². The number of rotatable bonds is 4. The van der Waals surface area contributed by atoms with Crippen molar-refractivity contribution in [2.45, 2.75) is 26.2 Å². The topological polar surface area (TPSA) is 47.8 Å². The van der Waals surface area contributed by atoms with E-state index in [4.69, 9.17) is 23.2 Å². The van der Waals surface area contributed by atoms with Crippen LogP contribution >= 0.6 is 23.2 Å². The highest BCUT2D eigenvalue weighted by atomic mass is 35.5. The number of aryl methyl sites for hydroxylation is 1. The van der Waals surface area contributed by atoms with Crippen LogP contribution in [0.2, 0.25) is 10.0 Å². The third-order valence-corrected chi connectivity index (χ3v) is 5.84. The molecule has 4 nitrogen and oxygen atoms in total. The zero-order valence-electron chi connectivity index (χ0n) is 17.0. The molecule has 4 aromatic rings. The highest BCUT2D eigenvalue weighted by Gasteiger charge is 2.16. The largest absolute Gasteiger partial charge is 0.295 e. The van der Waals surface area contributed by atoms with E-state index < -0.39 is 0 Å². The zero-order chi connectivity index (χ0) is 21.4. The van der Waals surface area contributed by atoms with Crippen LogP contribution in [-0.4, -0.2) is 14.5 Å². The Hall–Kier alpha value is -2.69. The number of aromatic nitrogens is 3. The number of hydrogen-bond donors (Lipinski definition) is 0. The highest BCUT2D eigenvalue weighted by Crippen LogP contribution is 2.33. The van der Waals surface area contributed by atoms with Crippen molar-refractivity contribution in [3.8, 4) is 11.1 Å². The maximum absolute atomic E-state index is 13.1. The fourth-order valence-corrected chi connectivity index (χ4v) is 4.15. The van der Waals surface area contributed by atoms with Crippen LogP contribution in [0.1, 0.15) is 36.7 Å². The van der Waals surface area contributed by atoms with Gasteiger partial charge in [-0.3, -0.25) is 9.36 Å². The number of benzene rings is 2. The van der Waals surface area contributed by atoms with Gasteiger partial charge in [0.15, 0.2) is 0 Å². The standard InChI is InChI=1S/C24H21Cl2N3O/c1-14(2)16-7-4-6-15(10-16)11-21-27-13-17-12-18(24(30)29(3)23(17)28-21)22-19(25)8-5-9-20(22)26/h4-10,12-14H,11H2,1-3H3. The van der Waals surface area contributed by atoms with Crippen molar-refractivity contribution in [1.82, 2.24) is 14.5 Å². The molecule has 0 aliphatic carbocycles. The third kappa shape index (κ3) is 3.85. The predicted molar refractivity (Wildman–Crippen MR) is 124 cm³/mol. The number of hydrogen-bond acceptors (Lipinski definition) is 3. The van der Waals surface area contributed by atoms with Crippen molar-refractivity contribution >= 4 is 34.2 Å². The van der Waals surface area contributed by atoms with Crippen LogP contribution in [0.5, 0.6) is 0 Å². The lowest BCUT2D eigenvalue weighted by molar-refractivity contribution is 0.855. The maximum atomic E-state index is 13.1. The van der Waals surface area contributed by atoms with E-state index in [1.54, 1.807) is 37.5 Å². The van der Waals surface area contributed by atoms with E-state index in [2.05, 4.69) is 48.1 Å². The first-order chi connectivity index (χ1) is 14.3. The van der Waals surface area contributed by atoms with E-state index in [1.165, 1.54) is 10.1 Å². The molecular weight excluding hydrogens is 417 g/mol. The number of pyridine rings is 1. The van der Waals surface area contributed by atoms with E-state index >= 15 is 0 Å². The smallest absolute Gasteiger partial charge is 0.259 e. The minimum absolute atomic E-state index is 0.205.